The van der Waals surface area contributed by atoms with E-state index in [1.165, 1.54) is 18.4 Å². The van der Waals surface area contributed by atoms with Crippen molar-refractivity contribution in [3.05, 3.63) is 39.9 Å². The van der Waals surface area contributed by atoms with Gasteiger partial charge in [-0.2, -0.15) is 0 Å². The van der Waals surface area contributed by atoms with E-state index in [0.717, 1.165) is 0 Å². The molecule has 79 valence electrons. The summed E-state index contributed by atoms with van der Waals surface area (Å²) in [5.74, 6) is 0.104. The Labute approximate surface area is 85.7 Å². The van der Waals surface area contributed by atoms with Crippen LogP contribution in [0.15, 0.2) is 24.3 Å². The molecular weight excluding hydrogens is 200 g/mol. The number of aromatic hydroxyl groups is 1. The van der Waals surface area contributed by atoms with Crippen LogP contribution < -0.4 is 5.43 Å². The first kappa shape index (κ1) is 11.0. The Balaban J connectivity index is 2.62. The Morgan fingerprint density at radius 1 is 1.47 bits per heavy atom. The van der Waals surface area contributed by atoms with Crippen molar-refractivity contribution < 1.29 is 14.9 Å². The van der Waals surface area contributed by atoms with E-state index >= 15 is 0 Å². The third-order valence-electron chi connectivity index (χ3n) is 1.78. The molecule has 0 aliphatic rings. The summed E-state index contributed by atoms with van der Waals surface area (Å²) in [5, 5.41) is 18.3. The molecular formula is C9H9N2O4. The summed E-state index contributed by atoms with van der Waals surface area (Å²) in [6.45, 7) is 0. The number of benzene rings is 1. The standard InChI is InChI=1S/C9H9N2O4/c12-6-8(10-11(14)15)5-7-1-3-9(13)4-2-7/h1-4,8,10,13H,5H2. The molecule has 1 aromatic rings. The van der Waals surface area contributed by atoms with Gasteiger partial charge in [0.25, 0.3) is 0 Å². The molecule has 1 rings (SSSR count). The number of nitrogens with zero attached hydrogens (tertiary/aromatic N) is 1. The summed E-state index contributed by atoms with van der Waals surface area (Å²) >= 11 is 0. The molecule has 6 nitrogen and oxygen atoms in total. The van der Waals surface area contributed by atoms with Gasteiger partial charge in [0.15, 0.2) is 11.1 Å². The molecule has 6 heteroatoms. The molecule has 0 amide bonds. The molecule has 0 spiro atoms. The van der Waals surface area contributed by atoms with Gasteiger partial charge in [0.05, 0.1) is 0 Å². The SMILES string of the molecule is O=[C]C(Cc1ccc(O)cc1)N[N+](=O)[O-]. The van der Waals surface area contributed by atoms with Crippen LogP contribution in [0, 0.1) is 10.1 Å². The van der Waals surface area contributed by atoms with Gasteiger partial charge in [-0.05, 0) is 17.7 Å². The van der Waals surface area contributed by atoms with Crippen LogP contribution in [0.2, 0.25) is 0 Å². The molecule has 0 fully saturated rings. The predicted molar refractivity (Wildman–Crippen MR) is 51.4 cm³/mol. The van der Waals surface area contributed by atoms with Crippen LogP contribution in [0.1, 0.15) is 5.56 Å². The van der Waals surface area contributed by atoms with Gasteiger partial charge in [-0.1, -0.05) is 12.1 Å². The molecule has 1 atom stereocenters. The minimum absolute atomic E-state index is 0.104. The molecule has 0 aliphatic carbocycles. The zero-order valence-corrected chi connectivity index (χ0v) is 7.71. The van der Waals surface area contributed by atoms with E-state index in [4.69, 9.17) is 5.11 Å². The van der Waals surface area contributed by atoms with Gasteiger partial charge in [0.2, 0.25) is 6.29 Å². The molecule has 1 radical (unpaired) electrons. The van der Waals surface area contributed by atoms with Crippen LogP contribution in [0.25, 0.3) is 0 Å². The molecule has 0 saturated heterocycles. The maximum Gasteiger partial charge on any atom is 0.229 e. The van der Waals surface area contributed by atoms with Crippen molar-refractivity contribution in [2.75, 3.05) is 0 Å². The molecule has 15 heavy (non-hydrogen) atoms. The van der Waals surface area contributed by atoms with Crippen molar-refractivity contribution in [2.24, 2.45) is 0 Å². The first-order valence-electron chi connectivity index (χ1n) is 4.18. The lowest BCUT2D eigenvalue weighted by molar-refractivity contribution is -0.547. The number of carbonyl (C=O) groups excluding carboxylic acids is 1. The first-order valence-corrected chi connectivity index (χ1v) is 4.18. The molecule has 0 aromatic heterocycles. The third kappa shape index (κ3) is 3.63. The number of rotatable bonds is 5. The lowest BCUT2D eigenvalue weighted by Crippen LogP contribution is -2.36. The molecule has 0 saturated carbocycles. The van der Waals surface area contributed by atoms with Crippen molar-refractivity contribution in [3.63, 3.8) is 0 Å². The lowest BCUT2D eigenvalue weighted by atomic mass is 10.1. The minimum atomic E-state index is -0.982. The summed E-state index contributed by atoms with van der Waals surface area (Å²) in [7, 11) is 0. The zero-order chi connectivity index (χ0) is 11.3. The monoisotopic (exact) mass is 209 g/mol. The van der Waals surface area contributed by atoms with Gasteiger partial charge in [-0.3, -0.25) is 4.79 Å². The molecule has 0 aliphatic heterocycles. The van der Waals surface area contributed by atoms with Crippen molar-refractivity contribution in [3.8, 4) is 5.75 Å². The van der Waals surface area contributed by atoms with Crippen LogP contribution in [0.3, 0.4) is 0 Å². The Hall–Kier alpha value is -2.11. The Morgan fingerprint density at radius 2 is 2.07 bits per heavy atom. The fourth-order valence-corrected chi connectivity index (χ4v) is 1.11. The highest BCUT2D eigenvalue weighted by Gasteiger charge is 2.13. The largest absolute Gasteiger partial charge is 0.508 e. The number of phenols is 1. The molecule has 0 heterocycles. The second kappa shape index (κ2) is 4.94. The second-order valence-corrected chi connectivity index (χ2v) is 2.93. The molecule has 1 unspecified atom stereocenters. The van der Waals surface area contributed by atoms with Crippen LogP contribution in [-0.2, 0) is 11.2 Å². The predicted octanol–water partition coefficient (Wildman–Crippen LogP) is 0.194. The number of hydrogen-bond donors (Lipinski definition) is 2. The summed E-state index contributed by atoms with van der Waals surface area (Å²) < 4.78 is 0. The van der Waals surface area contributed by atoms with Crippen LogP contribution in [-0.4, -0.2) is 22.5 Å². The summed E-state index contributed by atoms with van der Waals surface area (Å²) in [5.41, 5.74) is 2.53. The van der Waals surface area contributed by atoms with Crippen molar-refractivity contribution >= 4 is 6.29 Å². The highest BCUT2D eigenvalue weighted by Crippen LogP contribution is 2.10. The number of hydrogen-bond acceptors (Lipinski definition) is 4. The molecule has 1 aromatic carbocycles. The second-order valence-electron chi connectivity index (χ2n) is 2.93. The number of hydrazine groups is 1. The average Bonchev–Trinajstić information content (AvgIpc) is 2.19. The van der Waals surface area contributed by atoms with Gasteiger partial charge < -0.3 is 5.11 Å². The average molecular weight is 209 g/mol. The topological polar surface area (TPSA) is 92.5 Å². The number of nitro groups is 1. The van der Waals surface area contributed by atoms with Gasteiger partial charge in [-0.25, -0.2) is 10.1 Å². The van der Waals surface area contributed by atoms with E-state index in [9.17, 15) is 14.9 Å². The normalized spacial score (nSPS) is 11.7. The Kier molecular flexibility index (Phi) is 3.61. The van der Waals surface area contributed by atoms with Crippen LogP contribution in [0.4, 0.5) is 0 Å². The number of phenolic OH excluding ortho intramolecular Hbond substituents is 1. The maximum absolute atomic E-state index is 10.4. The quantitative estimate of drug-likeness (QED) is 0.533. The van der Waals surface area contributed by atoms with E-state index in [-0.39, 0.29) is 12.2 Å². The zero-order valence-electron chi connectivity index (χ0n) is 7.71. The highest BCUT2D eigenvalue weighted by molar-refractivity contribution is 5.59. The van der Waals surface area contributed by atoms with Gasteiger partial charge in [-0.15, -0.1) is 5.43 Å². The fraction of sp³-hybridized carbons (Fsp3) is 0.222. The smallest absolute Gasteiger partial charge is 0.229 e. The van der Waals surface area contributed by atoms with E-state index < -0.39 is 11.1 Å². The van der Waals surface area contributed by atoms with Crippen molar-refractivity contribution in [1.82, 2.24) is 5.43 Å². The van der Waals surface area contributed by atoms with Gasteiger partial charge in [0, 0.05) is 6.42 Å². The third-order valence-corrected chi connectivity index (χ3v) is 1.78. The van der Waals surface area contributed by atoms with Crippen molar-refractivity contribution in [2.45, 2.75) is 12.5 Å². The van der Waals surface area contributed by atoms with E-state index in [1.807, 2.05) is 5.43 Å². The van der Waals surface area contributed by atoms with Crippen molar-refractivity contribution in [1.29, 1.82) is 0 Å². The Morgan fingerprint density at radius 3 is 2.53 bits per heavy atom. The number of nitrogens with one attached hydrogen (secondary N) is 1. The van der Waals surface area contributed by atoms with Crippen LogP contribution in [0.5, 0.6) is 5.75 Å². The van der Waals surface area contributed by atoms with E-state index in [0.29, 0.717) is 5.56 Å². The molecule has 2 N–H and O–H groups in total. The van der Waals surface area contributed by atoms with Gasteiger partial charge in [0.1, 0.15) is 5.75 Å². The highest BCUT2D eigenvalue weighted by atomic mass is 16.7. The molecule has 0 bridgehead atoms. The van der Waals surface area contributed by atoms with Crippen LogP contribution >= 0.6 is 0 Å². The fourth-order valence-electron chi connectivity index (χ4n) is 1.11. The van der Waals surface area contributed by atoms with Gasteiger partial charge >= 0.3 is 0 Å². The minimum Gasteiger partial charge on any atom is -0.508 e. The summed E-state index contributed by atoms with van der Waals surface area (Å²) in [6, 6.07) is 5.08. The van der Waals surface area contributed by atoms with E-state index in [1.54, 1.807) is 12.1 Å². The van der Waals surface area contributed by atoms with E-state index in [2.05, 4.69) is 0 Å². The first-order chi connectivity index (χ1) is 7.11. The summed E-state index contributed by atoms with van der Waals surface area (Å²) in [4.78, 5) is 20.5. The summed E-state index contributed by atoms with van der Waals surface area (Å²) in [6.07, 6.45) is 1.69. The maximum atomic E-state index is 10.4. The lowest BCUT2D eigenvalue weighted by Gasteiger charge is -2.05. The Bertz CT molecular complexity index is 350.